The van der Waals surface area contributed by atoms with Gasteiger partial charge < -0.3 is 20.7 Å². The van der Waals surface area contributed by atoms with Gasteiger partial charge in [-0.05, 0) is 62.2 Å². The maximum Gasteiger partial charge on any atom is 0.255 e. The molecule has 2 aromatic heterocycles. The summed E-state index contributed by atoms with van der Waals surface area (Å²) in [4.78, 5) is 27.1. The van der Waals surface area contributed by atoms with Gasteiger partial charge in [-0.3, -0.25) is 4.79 Å². The number of aryl methyl sites for hydroxylation is 1. The van der Waals surface area contributed by atoms with Crippen molar-refractivity contribution in [2.75, 3.05) is 23.7 Å². The molecule has 36 heavy (non-hydrogen) atoms. The molecule has 1 atom stereocenters. The van der Waals surface area contributed by atoms with Gasteiger partial charge in [0.15, 0.2) is 0 Å². The number of anilines is 2. The number of halogens is 1. The summed E-state index contributed by atoms with van der Waals surface area (Å²) in [6.07, 6.45) is 3.93. The van der Waals surface area contributed by atoms with Crippen LogP contribution in [0.1, 0.15) is 28.8 Å². The summed E-state index contributed by atoms with van der Waals surface area (Å²) in [5.41, 5.74) is 4.30. The van der Waals surface area contributed by atoms with E-state index in [1.807, 2.05) is 31.2 Å². The summed E-state index contributed by atoms with van der Waals surface area (Å²) in [5, 5.41) is 10.1. The molecular weight excluding hydrogens is 496 g/mol. The molecule has 8 nitrogen and oxygen atoms in total. The molecule has 0 saturated carbocycles. The molecule has 2 aromatic carbocycles. The van der Waals surface area contributed by atoms with Crippen LogP contribution < -0.4 is 20.7 Å². The second kappa shape index (κ2) is 11.0. The lowest BCUT2D eigenvalue weighted by molar-refractivity contribution is 0.102. The standard InChI is InChI=1S/C26H25ClN6O2S/c1-16-8-9-17(24(34)32-20-7-3-2-6-19(20)27)13-22(16)35-25-23(36-15-30-25)21-10-12-29-26(33-21)31-18-5-4-11-28-14-18/h2-3,6-10,12-13,15,18,28H,4-5,11,14H2,1H3,(H,32,34)(H,29,31,33)/t18-/m0/s1. The van der Waals surface area contributed by atoms with Crippen LogP contribution in [-0.4, -0.2) is 40.0 Å². The van der Waals surface area contributed by atoms with Gasteiger partial charge in [-0.2, -0.15) is 0 Å². The number of nitrogens with one attached hydrogen (secondary N) is 3. The fourth-order valence-electron chi connectivity index (χ4n) is 3.90. The number of amides is 1. The van der Waals surface area contributed by atoms with Gasteiger partial charge in [-0.1, -0.05) is 29.8 Å². The molecule has 1 aliphatic rings. The van der Waals surface area contributed by atoms with E-state index < -0.39 is 0 Å². The molecule has 0 aliphatic carbocycles. The number of carbonyl (C=O) groups is 1. The third-order valence-electron chi connectivity index (χ3n) is 5.83. The molecule has 1 aliphatic heterocycles. The van der Waals surface area contributed by atoms with E-state index in [9.17, 15) is 4.79 Å². The monoisotopic (exact) mass is 520 g/mol. The van der Waals surface area contributed by atoms with E-state index in [1.165, 1.54) is 11.3 Å². The van der Waals surface area contributed by atoms with E-state index in [2.05, 4.69) is 25.9 Å². The quantitative estimate of drug-likeness (QED) is 0.284. The number of ether oxygens (including phenoxy) is 1. The average Bonchev–Trinajstić information content (AvgIpc) is 3.36. The molecule has 5 rings (SSSR count). The molecule has 1 fully saturated rings. The minimum Gasteiger partial charge on any atom is -0.437 e. The topological polar surface area (TPSA) is 101 Å². The Morgan fingerprint density at radius 3 is 2.92 bits per heavy atom. The number of carbonyl (C=O) groups excluding carboxylic acids is 1. The average molecular weight is 521 g/mol. The summed E-state index contributed by atoms with van der Waals surface area (Å²) >= 11 is 7.62. The predicted octanol–water partition coefficient (Wildman–Crippen LogP) is 5.77. The molecule has 3 heterocycles. The third kappa shape index (κ3) is 5.64. The zero-order chi connectivity index (χ0) is 24.9. The highest BCUT2D eigenvalue weighted by Gasteiger charge is 2.18. The van der Waals surface area contributed by atoms with Crippen molar-refractivity contribution < 1.29 is 9.53 Å². The summed E-state index contributed by atoms with van der Waals surface area (Å²) < 4.78 is 6.19. The largest absolute Gasteiger partial charge is 0.437 e. The summed E-state index contributed by atoms with van der Waals surface area (Å²) in [6.45, 7) is 3.85. The molecule has 4 aromatic rings. The number of benzene rings is 2. The van der Waals surface area contributed by atoms with Crippen molar-refractivity contribution >= 4 is 40.5 Å². The fraction of sp³-hybridized carbons (Fsp3) is 0.231. The molecule has 3 N–H and O–H groups in total. The van der Waals surface area contributed by atoms with Crippen molar-refractivity contribution in [1.29, 1.82) is 0 Å². The van der Waals surface area contributed by atoms with Gasteiger partial charge in [0.05, 0.1) is 21.9 Å². The Balaban J connectivity index is 1.35. The maximum atomic E-state index is 12.9. The van der Waals surface area contributed by atoms with Crippen LogP contribution in [0.5, 0.6) is 11.6 Å². The Labute approximate surface area is 218 Å². The Bertz CT molecular complexity index is 1370. The van der Waals surface area contributed by atoms with Crippen LogP contribution in [0, 0.1) is 6.92 Å². The normalized spacial score (nSPS) is 15.3. The molecule has 184 valence electrons. The van der Waals surface area contributed by atoms with Gasteiger partial charge in [-0.25, -0.2) is 15.0 Å². The zero-order valence-corrected chi connectivity index (χ0v) is 21.2. The van der Waals surface area contributed by atoms with Gasteiger partial charge in [0.25, 0.3) is 5.91 Å². The first kappa shape index (κ1) is 24.2. The first-order valence-corrected chi connectivity index (χ1v) is 12.9. The smallest absolute Gasteiger partial charge is 0.255 e. The van der Waals surface area contributed by atoms with Crippen LogP contribution in [0.25, 0.3) is 10.6 Å². The number of piperidine rings is 1. The lowest BCUT2D eigenvalue weighted by Gasteiger charge is -2.23. The molecule has 1 amide bonds. The number of aromatic nitrogens is 3. The van der Waals surface area contributed by atoms with E-state index >= 15 is 0 Å². The van der Waals surface area contributed by atoms with Gasteiger partial charge in [0.1, 0.15) is 10.6 Å². The Morgan fingerprint density at radius 1 is 1.19 bits per heavy atom. The van der Waals surface area contributed by atoms with Gasteiger partial charge in [-0.15, -0.1) is 11.3 Å². The third-order valence-corrected chi connectivity index (χ3v) is 6.99. The highest BCUT2D eigenvalue weighted by Crippen LogP contribution is 2.36. The molecule has 0 unspecified atom stereocenters. The second-order valence-electron chi connectivity index (χ2n) is 8.46. The van der Waals surface area contributed by atoms with Crippen LogP contribution >= 0.6 is 22.9 Å². The van der Waals surface area contributed by atoms with Gasteiger partial charge >= 0.3 is 0 Å². The van der Waals surface area contributed by atoms with Crippen LogP contribution in [0.2, 0.25) is 5.02 Å². The van der Waals surface area contributed by atoms with Crippen molar-refractivity contribution in [3.8, 4) is 22.2 Å². The highest BCUT2D eigenvalue weighted by molar-refractivity contribution is 7.13. The van der Waals surface area contributed by atoms with Crippen molar-refractivity contribution in [2.24, 2.45) is 0 Å². The number of nitrogens with zero attached hydrogens (tertiary/aromatic N) is 3. The Kier molecular flexibility index (Phi) is 7.41. The minimum atomic E-state index is -0.282. The predicted molar refractivity (Wildman–Crippen MR) is 143 cm³/mol. The Morgan fingerprint density at radius 2 is 2.08 bits per heavy atom. The lowest BCUT2D eigenvalue weighted by Crippen LogP contribution is -2.38. The van der Waals surface area contributed by atoms with Crippen LogP contribution in [0.15, 0.2) is 60.2 Å². The number of rotatable bonds is 7. The highest BCUT2D eigenvalue weighted by atomic mass is 35.5. The van der Waals surface area contributed by atoms with Crippen molar-refractivity contribution in [1.82, 2.24) is 20.3 Å². The minimum absolute atomic E-state index is 0.282. The molecule has 10 heteroatoms. The summed E-state index contributed by atoms with van der Waals surface area (Å²) in [6, 6.07) is 14.5. The number of hydrogen-bond donors (Lipinski definition) is 3. The van der Waals surface area contributed by atoms with E-state index in [0.29, 0.717) is 39.9 Å². The van der Waals surface area contributed by atoms with E-state index in [0.717, 1.165) is 42.1 Å². The first-order valence-electron chi connectivity index (χ1n) is 11.7. The number of para-hydroxylation sites is 1. The molecule has 0 bridgehead atoms. The lowest BCUT2D eigenvalue weighted by atomic mass is 10.1. The Hall–Kier alpha value is -3.53. The molecule has 0 spiro atoms. The summed E-state index contributed by atoms with van der Waals surface area (Å²) in [7, 11) is 0. The molecule has 0 radical (unpaired) electrons. The number of hydrogen-bond acceptors (Lipinski definition) is 8. The first-order chi connectivity index (χ1) is 17.6. The van der Waals surface area contributed by atoms with E-state index in [1.54, 1.807) is 36.0 Å². The van der Waals surface area contributed by atoms with E-state index in [-0.39, 0.29) is 5.91 Å². The molecular formula is C26H25ClN6O2S. The second-order valence-corrected chi connectivity index (χ2v) is 9.72. The molecule has 1 saturated heterocycles. The zero-order valence-electron chi connectivity index (χ0n) is 19.6. The van der Waals surface area contributed by atoms with Crippen LogP contribution in [-0.2, 0) is 0 Å². The van der Waals surface area contributed by atoms with Crippen LogP contribution in [0.4, 0.5) is 11.6 Å². The van der Waals surface area contributed by atoms with Crippen molar-refractivity contribution in [3.05, 3.63) is 76.4 Å². The van der Waals surface area contributed by atoms with Crippen molar-refractivity contribution in [2.45, 2.75) is 25.8 Å². The van der Waals surface area contributed by atoms with Crippen LogP contribution in [0.3, 0.4) is 0 Å². The SMILES string of the molecule is Cc1ccc(C(=O)Nc2ccccc2Cl)cc1Oc1ncsc1-c1ccnc(N[C@H]2CCCNC2)n1. The van der Waals surface area contributed by atoms with E-state index in [4.69, 9.17) is 21.3 Å². The maximum absolute atomic E-state index is 12.9. The van der Waals surface area contributed by atoms with Gasteiger partial charge in [0.2, 0.25) is 11.8 Å². The fourth-order valence-corrected chi connectivity index (χ4v) is 4.77. The number of thiazole rings is 1. The van der Waals surface area contributed by atoms with Gasteiger partial charge in [0, 0.05) is 24.3 Å². The summed E-state index contributed by atoms with van der Waals surface area (Å²) in [5.74, 6) is 1.26. The van der Waals surface area contributed by atoms with Crippen molar-refractivity contribution in [3.63, 3.8) is 0 Å².